The van der Waals surface area contributed by atoms with E-state index in [-0.39, 0.29) is 17.5 Å². The van der Waals surface area contributed by atoms with Crippen LogP contribution >= 0.6 is 11.3 Å². The van der Waals surface area contributed by atoms with Gasteiger partial charge < -0.3 is 15.1 Å². The number of nitrogens with zero attached hydrogens (tertiary/aromatic N) is 3. The highest BCUT2D eigenvalue weighted by molar-refractivity contribution is 7.08. The molecule has 2 aromatic rings. The van der Waals surface area contributed by atoms with Gasteiger partial charge in [0.2, 0.25) is 5.91 Å². The number of carbonyl (C=O) groups is 2. The van der Waals surface area contributed by atoms with E-state index >= 15 is 0 Å². The first-order chi connectivity index (χ1) is 13.0. The molecule has 0 aliphatic carbocycles. The summed E-state index contributed by atoms with van der Waals surface area (Å²) in [5.74, 6) is 0.115. The molecule has 7 heteroatoms. The topological polar surface area (TPSA) is 55.9 Å². The maximum Gasteiger partial charge on any atom is 0.321 e. The van der Waals surface area contributed by atoms with Crippen LogP contribution in [0.3, 0.4) is 0 Å². The van der Waals surface area contributed by atoms with E-state index in [0.717, 1.165) is 23.4 Å². The SMILES string of the molecule is Cc1cccc(NC(=O)N2CC[C@]3(C2)CN(c2ccsc2)C(=O)CN3C)c1. The van der Waals surface area contributed by atoms with E-state index in [2.05, 4.69) is 10.2 Å². The molecular weight excluding hydrogens is 360 g/mol. The average Bonchev–Trinajstić information content (AvgIpc) is 3.29. The molecule has 6 nitrogen and oxygen atoms in total. The zero-order chi connectivity index (χ0) is 19.0. The predicted molar refractivity (Wildman–Crippen MR) is 108 cm³/mol. The summed E-state index contributed by atoms with van der Waals surface area (Å²) >= 11 is 1.59. The number of amides is 3. The molecule has 1 spiro atoms. The summed E-state index contributed by atoms with van der Waals surface area (Å²) in [6.07, 6.45) is 0.860. The Hall–Kier alpha value is -2.38. The van der Waals surface area contributed by atoms with Crippen LogP contribution in [0.1, 0.15) is 12.0 Å². The van der Waals surface area contributed by atoms with E-state index in [1.807, 2.05) is 64.9 Å². The molecule has 0 bridgehead atoms. The first kappa shape index (κ1) is 18.0. The number of piperazine rings is 1. The van der Waals surface area contributed by atoms with E-state index in [4.69, 9.17) is 0 Å². The monoisotopic (exact) mass is 384 g/mol. The van der Waals surface area contributed by atoms with Crippen LogP contribution < -0.4 is 10.2 Å². The van der Waals surface area contributed by atoms with Crippen LogP contribution in [-0.2, 0) is 4.79 Å². The van der Waals surface area contributed by atoms with Crippen molar-refractivity contribution in [2.75, 3.05) is 43.4 Å². The number of urea groups is 1. The lowest BCUT2D eigenvalue weighted by molar-refractivity contribution is -0.123. The highest BCUT2D eigenvalue weighted by Gasteiger charge is 2.48. The number of benzene rings is 1. The van der Waals surface area contributed by atoms with Gasteiger partial charge >= 0.3 is 6.03 Å². The van der Waals surface area contributed by atoms with Crippen LogP contribution in [0.4, 0.5) is 16.2 Å². The number of likely N-dealkylation sites (N-methyl/N-ethyl adjacent to an activating group) is 1. The maximum absolute atomic E-state index is 12.8. The fourth-order valence-electron chi connectivity index (χ4n) is 4.00. The van der Waals surface area contributed by atoms with Crippen LogP contribution in [0.5, 0.6) is 0 Å². The Balaban J connectivity index is 1.48. The Kier molecular flexibility index (Phi) is 4.65. The van der Waals surface area contributed by atoms with Gasteiger partial charge in [-0.3, -0.25) is 9.69 Å². The first-order valence-electron chi connectivity index (χ1n) is 9.13. The van der Waals surface area contributed by atoms with Crippen molar-refractivity contribution in [1.29, 1.82) is 0 Å². The number of likely N-dealkylation sites (tertiary alicyclic amines) is 1. The number of aryl methyl sites for hydroxylation is 1. The second-order valence-electron chi connectivity index (χ2n) is 7.51. The van der Waals surface area contributed by atoms with Crippen molar-refractivity contribution in [2.24, 2.45) is 0 Å². The summed E-state index contributed by atoms with van der Waals surface area (Å²) in [6, 6.07) is 9.72. The lowest BCUT2D eigenvalue weighted by Gasteiger charge is -2.46. The number of hydrogen-bond donors (Lipinski definition) is 1. The van der Waals surface area contributed by atoms with Crippen molar-refractivity contribution in [3.8, 4) is 0 Å². The second-order valence-corrected chi connectivity index (χ2v) is 8.29. The van der Waals surface area contributed by atoms with Gasteiger partial charge in [0.15, 0.2) is 0 Å². The third-order valence-electron chi connectivity index (χ3n) is 5.64. The van der Waals surface area contributed by atoms with Gasteiger partial charge in [0.25, 0.3) is 0 Å². The molecule has 1 aromatic heterocycles. The molecule has 2 fully saturated rings. The Bertz CT molecular complexity index is 853. The van der Waals surface area contributed by atoms with Crippen molar-refractivity contribution in [1.82, 2.24) is 9.80 Å². The van der Waals surface area contributed by atoms with Gasteiger partial charge in [0.1, 0.15) is 0 Å². The minimum absolute atomic E-state index is 0.0788. The molecular formula is C20H24N4O2S. The maximum atomic E-state index is 12.8. The second kappa shape index (κ2) is 6.98. The quantitative estimate of drug-likeness (QED) is 0.866. The number of nitrogens with one attached hydrogen (secondary N) is 1. The number of thiophene rings is 1. The van der Waals surface area contributed by atoms with E-state index < -0.39 is 0 Å². The Morgan fingerprint density at radius 2 is 2.11 bits per heavy atom. The predicted octanol–water partition coefficient (Wildman–Crippen LogP) is 3.01. The van der Waals surface area contributed by atoms with Crippen molar-refractivity contribution < 1.29 is 9.59 Å². The van der Waals surface area contributed by atoms with Gasteiger partial charge in [-0.05, 0) is 49.5 Å². The number of rotatable bonds is 2. The molecule has 0 radical (unpaired) electrons. The smallest absolute Gasteiger partial charge is 0.321 e. The summed E-state index contributed by atoms with van der Waals surface area (Å²) < 4.78 is 0. The van der Waals surface area contributed by atoms with Gasteiger partial charge in [-0.1, -0.05) is 12.1 Å². The van der Waals surface area contributed by atoms with Crippen LogP contribution in [-0.4, -0.2) is 60.5 Å². The van der Waals surface area contributed by atoms with E-state index in [1.165, 1.54) is 0 Å². The normalized spacial score (nSPS) is 23.3. The number of carbonyl (C=O) groups excluding carboxylic acids is 2. The number of hydrogen-bond acceptors (Lipinski definition) is 4. The van der Waals surface area contributed by atoms with E-state index in [0.29, 0.717) is 26.2 Å². The summed E-state index contributed by atoms with van der Waals surface area (Å²) in [4.78, 5) is 31.1. The average molecular weight is 385 g/mol. The van der Waals surface area contributed by atoms with Gasteiger partial charge in [-0.15, -0.1) is 0 Å². The van der Waals surface area contributed by atoms with Crippen LogP contribution in [0, 0.1) is 6.92 Å². The Morgan fingerprint density at radius 1 is 1.26 bits per heavy atom. The van der Waals surface area contributed by atoms with Crippen molar-refractivity contribution in [3.05, 3.63) is 46.7 Å². The Morgan fingerprint density at radius 3 is 2.85 bits per heavy atom. The van der Waals surface area contributed by atoms with E-state index in [9.17, 15) is 9.59 Å². The lowest BCUT2D eigenvalue weighted by Crippen LogP contribution is -2.64. The lowest BCUT2D eigenvalue weighted by atomic mass is 9.93. The molecule has 4 rings (SSSR count). The van der Waals surface area contributed by atoms with Crippen molar-refractivity contribution in [3.63, 3.8) is 0 Å². The molecule has 1 aromatic carbocycles. The minimum Gasteiger partial charge on any atom is -0.323 e. The van der Waals surface area contributed by atoms with Crippen LogP contribution in [0.2, 0.25) is 0 Å². The zero-order valence-electron chi connectivity index (χ0n) is 15.6. The molecule has 3 amide bonds. The largest absolute Gasteiger partial charge is 0.323 e. The molecule has 27 heavy (non-hydrogen) atoms. The van der Waals surface area contributed by atoms with Crippen LogP contribution in [0.25, 0.3) is 0 Å². The molecule has 0 saturated carbocycles. The van der Waals surface area contributed by atoms with Crippen molar-refractivity contribution in [2.45, 2.75) is 18.9 Å². The summed E-state index contributed by atoms with van der Waals surface area (Å²) in [5.41, 5.74) is 2.69. The summed E-state index contributed by atoms with van der Waals surface area (Å²) in [6.45, 7) is 4.31. The highest BCUT2D eigenvalue weighted by Crippen LogP contribution is 2.34. The van der Waals surface area contributed by atoms with Gasteiger partial charge in [0.05, 0.1) is 17.8 Å². The fourth-order valence-corrected chi connectivity index (χ4v) is 4.64. The van der Waals surface area contributed by atoms with Gasteiger partial charge in [-0.25, -0.2) is 4.79 Å². The van der Waals surface area contributed by atoms with Crippen molar-refractivity contribution >= 4 is 34.6 Å². The standard InChI is InChI=1S/C20H24N4O2S/c1-15-4-3-5-16(10-15)21-19(26)23-8-7-20(13-23)14-24(17-6-9-27-12-17)18(25)11-22(20)2/h3-6,9-10,12H,7-8,11,13-14H2,1-2H3,(H,21,26)/t20-/m0/s1. The minimum atomic E-state index is -0.195. The highest BCUT2D eigenvalue weighted by atomic mass is 32.1. The summed E-state index contributed by atoms with van der Waals surface area (Å²) in [7, 11) is 1.99. The Labute approximate surface area is 163 Å². The molecule has 3 heterocycles. The summed E-state index contributed by atoms with van der Waals surface area (Å²) in [5, 5.41) is 7.00. The molecule has 2 aliphatic heterocycles. The molecule has 2 aliphatic rings. The van der Waals surface area contributed by atoms with Gasteiger partial charge in [-0.2, -0.15) is 11.3 Å². The first-order valence-corrected chi connectivity index (χ1v) is 10.1. The molecule has 1 N–H and O–H groups in total. The number of anilines is 2. The molecule has 0 unspecified atom stereocenters. The van der Waals surface area contributed by atoms with Crippen LogP contribution in [0.15, 0.2) is 41.1 Å². The molecule has 1 atom stereocenters. The third-order valence-corrected chi connectivity index (χ3v) is 6.31. The fraction of sp³-hybridized carbons (Fsp3) is 0.400. The zero-order valence-corrected chi connectivity index (χ0v) is 16.5. The van der Waals surface area contributed by atoms with E-state index in [1.54, 1.807) is 11.3 Å². The third kappa shape index (κ3) is 3.44. The van der Waals surface area contributed by atoms with Gasteiger partial charge in [0, 0.05) is 30.7 Å². The molecule has 2 saturated heterocycles. The molecule has 142 valence electrons.